The second-order valence-electron chi connectivity index (χ2n) is 8.58. The first-order valence-electron chi connectivity index (χ1n) is 10.9. The lowest BCUT2D eigenvalue weighted by atomic mass is 10.1. The van der Waals surface area contributed by atoms with Gasteiger partial charge in [-0.2, -0.15) is 4.98 Å². The standard InChI is InChI=1S/C25H24N6O3/c1-14-6-8-20-18(9-14)23-24(25(33)30(13-26-23)12-22-27-17(4)29-34-22)31(20)11-21(32)28-19-10-15(2)5-7-16(19)3/h5-10,13H,11-12H2,1-4H3,(H,28,32). The third-order valence-electron chi connectivity index (χ3n) is 5.83. The minimum Gasteiger partial charge on any atom is -0.337 e. The van der Waals surface area contributed by atoms with E-state index in [2.05, 4.69) is 20.4 Å². The number of nitrogens with zero attached hydrogens (tertiary/aromatic N) is 5. The van der Waals surface area contributed by atoms with Crippen LogP contribution in [0, 0.1) is 27.7 Å². The summed E-state index contributed by atoms with van der Waals surface area (Å²) in [6.45, 7) is 7.68. The van der Waals surface area contributed by atoms with Gasteiger partial charge in [0.1, 0.15) is 24.1 Å². The average Bonchev–Trinajstić information content (AvgIpc) is 3.33. The Bertz CT molecular complexity index is 1630. The van der Waals surface area contributed by atoms with Crippen LogP contribution in [0.2, 0.25) is 0 Å². The van der Waals surface area contributed by atoms with Crippen LogP contribution in [-0.4, -0.2) is 30.2 Å². The number of nitrogens with one attached hydrogen (secondary N) is 1. The van der Waals surface area contributed by atoms with E-state index < -0.39 is 0 Å². The zero-order valence-corrected chi connectivity index (χ0v) is 19.4. The summed E-state index contributed by atoms with van der Waals surface area (Å²) >= 11 is 0. The highest BCUT2D eigenvalue weighted by molar-refractivity contribution is 6.06. The molecule has 0 spiro atoms. The van der Waals surface area contributed by atoms with Crippen molar-refractivity contribution >= 4 is 33.5 Å². The largest absolute Gasteiger partial charge is 0.337 e. The second-order valence-corrected chi connectivity index (χ2v) is 8.58. The Hall–Kier alpha value is -4.27. The normalized spacial score (nSPS) is 11.4. The topological polar surface area (TPSA) is 108 Å². The summed E-state index contributed by atoms with van der Waals surface area (Å²) in [4.78, 5) is 35.4. The summed E-state index contributed by atoms with van der Waals surface area (Å²) in [6, 6.07) is 11.8. The quantitative estimate of drug-likeness (QED) is 0.432. The van der Waals surface area contributed by atoms with Crippen molar-refractivity contribution in [2.75, 3.05) is 5.32 Å². The Morgan fingerprint density at radius 2 is 1.82 bits per heavy atom. The number of hydrogen-bond acceptors (Lipinski definition) is 6. The molecule has 5 aromatic rings. The van der Waals surface area contributed by atoms with Crippen LogP contribution in [0.3, 0.4) is 0 Å². The zero-order valence-electron chi connectivity index (χ0n) is 19.4. The molecule has 2 aromatic carbocycles. The van der Waals surface area contributed by atoms with E-state index in [1.54, 1.807) is 11.5 Å². The number of benzene rings is 2. The van der Waals surface area contributed by atoms with Crippen molar-refractivity contribution in [3.63, 3.8) is 0 Å². The first-order chi connectivity index (χ1) is 16.3. The highest BCUT2D eigenvalue weighted by atomic mass is 16.5. The summed E-state index contributed by atoms with van der Waals surface area (Å²) in [6.07, 6.45) is 1.48. The number of anilines is 1. The molecule has 5 rings (SSSR count). The zero-order chi connectivity index (χ0) is 24.0. The number of amides is 1. The third kappa shape index (κ3) is 3.85. The van der Waals surface area contributed by atoms with E-state index in [-0.39, 0.29) is 24.6 Å². The minimum absolute atomic E-state index is 0.0307. The molecule has 1 N–H and O–H groups in total. The molecule has 9 nitrogen and oxygen atoms in total. The van der Waals surface area contributed by atoms with Gasteiger partial charge in [-0.1, -0.05) is 28.9 Å². The van der Waals surface area contributed by atoms with Crippen LogP contribution in [0.1, 0.15) is 28.4 Å². The Balaban J connectivity index is 1.61. The summed E-state index contributed by atoms with van der Waals surface area (Å²) in [5.74, 6) is 0.576. The lowest BCUT2D eigenvalue weighted by molar-refractivity contribution is -0.116. The van der Waals surface area contributed by atoms with E-state index in [1.165, 1.54) is 10.9 Å². The molecule has 0 atom stereocenters. The average molecular weight is 457 g/mol. The predicted molar refractivity (Wildman–Crippen MR) is 129 cm³/mol. The third-order valence-corrected chi connectivity index (χ3v) is 5.83. The molecular weight excluding hydrogens is 432 g/mol. The molecule has 3 aromatic heterocycles. The number of carbonyl (C=O) groups excluding carboxylic acids is 1. The van der Waals surface area contributed by atoms with Crippen molar-refractivity contribution in [1.82, 2.24) is 24.3 Å². The Morgan fingerprint density at radius 3 is 2.59 bits per heavy atom. The molecule has 0 saturated carbocycles. The summed E-state index contributed by atoms with van der Waals surface area (Å²) in [7, 11) is 0. The van der Waals surface area contributed by atoms with Crippen molar-refractivity contribution in [1.29, 1.82) is 0 Å². The molecule has 0 aliphatic carbocycles. The van der Waals surface area contributed by atoms with E-state index in [4.69, 9.17) is 4.52 Å². The van der Waals surface area contributed by atoms with Gasteiger partial charge in [0, 0.05) is 11.1 Å². The molecule has 0 unspecified atom stereocenters. The van der Waals surface area contributed by atoms with Gasteiger partial charge in [0.25, 0.3) is 5.56 Å². The number of aryl methyl sites for hydroxylation is 4. The number of aromatic nitrogens is 5. The molecule has 0 fully saturated rings. The molecule has 0 aliphatic rings. The first kappa shape index (κ1) is 21.6. The Morgan fingerprint density at radius 1 is 1.06 bits per heavy atom. The van der Waals surface area contributed by atoms with Gasteiger partial charge in [-0.05, 0) is 57.0 Å². The number of hydrogen-bond donors (Lipinski definition) is 1. The molecule has 0 radical (unpaired) electrons. The van der Waals surface area contributed by atoms with Gasteiger partial charge in [0.2, 0.25) is 11.8 Å². The monoisotopic (exact) mass is 456 g/mol. The fourth-order valence-corrected chi connectivity index (χ4v) is 4.14. The van der Waals surface area contributed by atoms with Crippen molar-refractivity contribution < 1.29 is 9.32 Å². The lowest BCUT2D eigenvalue weighted by Gasteiger charge is -2.11. The number of rotatable bonds is 5. The number of carbonyl (C=O) groups is 1. The van der Waals surface area contributed by atoms with Crippen LogP contribution in [0.15, 0.2) is 52.0 Å². The predicted octanol–water partition coefficient (Wildman–Crippen LogP) is 3.65. The smallest absolute Gasteiger partial charge is 0.278 e. The molecule has 34 heavy (non-hydrogen) atoms. The maximum atomic E-state index is 13.5. The SMILES string of the molecule is Cc1ccc(C)c(NC(=O)Cn2c3ccc(C)cc3c3ncn(Cc4nc(C)no4)c(=O)c32)c1. The van der Waals surface area contributed by atoms with Crippen molar-refractivity contribution in [2.45, 2.75) is 40.8 Å². The van der Waals surface area contributed by atoms with E-state index in [9.17, 15) is 9.59 Å². The van der Waals surface area contributed by atoms with Crippen LogP contribution in [-0.2, 0) is 17.9 Å². The van der Waals surface area contributed by atoms with Crippen LogP contribution < -0.4 is 10.9 Å². The first-order valence-corrected chi connectivity index (χ1v) is 10.9. The molecule has 0 aliphatic heterocycles. The molecule has 0 bridgehead atoms. The highest BCUT2D eigenvalue weighted by Crippen LogP contribution is 2.27. The van der Waals surface area contributed by atoms with Gasteiger partial charge in [0.05, 0.1) is 11.8 Å². The molecule has 9 heteroatoms. The summed E-state index contributed by atoms with van der Waals surface area (Å²) < 4.78 is 8.32. The van der Waals surface area contributed by atoms with E-state index in [1.807, 2.05) is 57.2 Å². The van der Waals surface area contributed by atoms with Crippen LogP contribution in [0.5, 0.6) is 0 Å². The Labute approximate surface area is 195 Å². The van der Waals surface area contributed by atoms with Crippen LogP contribution in [0.25, 0.3) is 21.9 Å². The van der Waals surface area contributed by atoms with Gasteiger partial charge in [0.15, 0.2) is 5.82 Å². The van der Waals surface area contributed by atoms with Crippen LogP contribution >= 0.6 is 0 Å². The highest BCUT2D eigenvalue weighted by Gasteiger charge is 2.19. The molecule has 0 saturated heterocycles. The van der Waals surface area contributed by atoms with Crippen molar-refractivity contribution in [3.05, 3.63) is 81.5 Å². The number of fused-ring (bicyclic) bond motifs is 3. The van der Waals surface area contributed by atoms with Gasteiger partial charge in [-0.15, -0.1) is 0 Å². The molecule has 1 amide bonds. The van der Waals surface area contributed by atoms with Gasteiger partial charge < -0.3 is 14.4 Å². The lowest BCUT2D eigenvalue weighted by Crippen LogP contribution is -2.25. The fourth-order valence-electron chi connectivity index (χ4n) is 4.14. The van der Waals surface area contributed by atoms with Crippen molar-refractivity contribution in [2.24, 2.45) is 0 Å². The maximum Gasteiger partial charge on any atom is 0.278 e. The second kappa shape index (κ2) is 8.26. The Kier molecular flexibility index (Phi) is 5.24. The molecule has 172 valence electrons. The molecule has 3 heterocycles. The van der Waals surface area contributed by atoms with E-state index >= 15 is 0 Å². The van der Waals surface area contributed by atoms with Crippen LogP contribution in [0.4, 0.5) is 5.69 Å². The van der Waals surface area contributed by atoms with Gasteiger partial charge >= 0.3 is 0 Å². The minimum atomic E-state index is -0.283. The van der Waals surface area contributed by atoms with E-state index in [0.717, 1.165) is 33.3 Å². The summed E-state index contributed by atoms with van der Waals surface area (Å²) in [5.41, 5.74) is 5.22. The molecular formula is C25H24N6O3. The van der Waals surface area contributed by atoms with Gasteiger partial charge in [-0.3, -0.25) is 14.2 Å². The fraction of sp³-hybridized carbons (Fsp3) is 0.240. The summed E-state index contributed by atoms with van der Waals surface area (Å²) in [5, 5.41) is 7.59. The van der Waals surface area contributed by atoms with E-state index in [0.29, 0.717) is 22.7 Å². The van der Waals surface area contributed by atoms with Gasteiger partial charge in [-0.25, -0.2) is 4.98 Å². The van der Waals surface area contributed by atoms with Crippen molar-refractivity contribution in [3.8, 4) is 0 Å². The maximum absolute atomic E-state index is 13.5.